The molecule has 100 valence electrons. The molecule has 2 aromatic rings. The molecular formula is C15H20N4. The Balaban J connectivity index is 1.63. The topological polar surface area (TPSA) is 42.7 Å². The van der Waals surface area contributed by atoms with Crippen LogP contribution in [0.25, 0.3) is 0 Å². The van der Waals surface area contributed by atoms with Crippen molar-refractivity contribution in [2.75, 3.05) is 0 Å². The quantitative estimate of drug-likeness (QED) is 0.891. The minimum absolute atomic E-state index is 0.701. The average Bonchev–Trinajstić information content (AvgIpc) is 3.12. The highest BCUT2D eigenvalue weighted by Gasteiger charge is 2.20. The number of rotatable bonds is 5. The van der Waals surface area contributed by atoms with E-state index in [4.69, 9.17) is 0 Å². The Bertz CT molecular complexity index is 569. The Morgan fingerprint density at radius 1 is 1.26 bits per heavy atom. The van der Waals surface area contributed by atoms with Gasteiger partial charge in [0.05, 0.1) is 13.1 Å². The second-order valence-electron chi connectivity index (χ2n) is 5.43. The molecule has 0 aliphatic heterocycles. The van der Waals surface area contributed by atoms with Crippen LogP contribution in [0.15, 0.2) is 24.5 Å². The second kappa shape index (κ2) is 5.13. The highest BCUT2D eigenvalue weighted by Crippen LogP contribution is 2.18. The number of aromatic nitrogens is 3. The average molecular weight is 256 g/mol. The fourth-order valence-electron chi connectivity index (χ4n) is 2.10. The van der Waals surface area contributed by atoms with E-state index >= 15 is 0 Å². The minimum atomic E-state index is 0.701. The molecule has 4 heteroatoms. The van der Waals surface area contributed by atoms with Gasteiger partial charge in [-0.25, -0.2) is 9.67 Å². The van der Waals surface area contributed by atoms with Crippen molar-refractivity contribution in [3.8, 4) is 0 Å². The van der Waals surface area contributed by atoms with Gasteiger partial charge in [-0.3, -0.25) is 0 Å². The summed E-state index contributed by atoms with van der Waals surface area (Å²) in [7, 11) is 0. The summed E-state index contributed by atoms with van der Waals surface area (Å²) >= 11 is 0. The molecule has 1 saturated carbocycles. The van der Waals surface area contributed by atoms with Crippen LogP contribution >= 0.6 is 0 Å². The lowest BCUT2D eigenvalue weighted by Crippen LogP contribution is -2.16. The van der Waals surface area contributed by atoms with Gasteiger partial charge in [-0.05, 0) is 43.4 Å². The third-order valence-electron chi connectivity index (χ3n) is 3.63. The molecule has 1 aromatic carbocycles. The van der Waals surface area contributed by atoms with Crippen molar-refractivity contribution in [2.24, 2.45) is 0 Å². The lowest BCUT2D eigenvalue weighted by atomic mass is 10.1. The molecular weight excluding hydrogens is 236 g/mol. The number of aryl methyl sites for hydroxylation is 2. The first-order valence-electron chi connectivity index (χ1n) is 6.88. The fraction of sp³-hybridized carbons (Fsp3) is 0.467. The van der Waals surface area contributed by atoms with Gasteiger partial charge in [0.25, 0.3) is 0 Å². The zero-order valence-corrected chi connectivity index (χ0v) is 11.6. The maximum absolute atomic E-state index is 4.50. The molecule has 3 rings (SSSR count). The zero-order chi connectivity index (χ0) is 13.2. The second-order valence-corrected chi connectivity index (χ2v) is 5.43. The minimum Gasteiger partial charge on any atom is -0.307 e. The summed E-state index contributed by atoms with van der Waals surface area (Å²) < 4.78 is 1.91. The summed E-state index contributed by atoms with van der Waals surface area (Å²) in [6.07, 6.45) is 4.41. The Hall–Kier alpha value is -1.68. The Morgan fingerprint density at radius 3 is 2.84 bits per heavy atom. The van der Waals surface area contributed by atoms with Crippen molar-refractivity contribution in [3.05, 3.63) is 47.0 Å². The molecule has 1 N–H and O–H groups in total. The molecule has 0 bridgehead atoms. The number of benzene rings is 1. The summed E-state index contributed by atoms with van der Waals surface area (Å²) in [6.45, 7) is 5.85. The maximum Gasteiger partial charge on any atom is 0.164 e. The zero-order valence-electron chi connectivity index (χ0n) is 11.6. The van der Waals surface area contributed by atoms with Gasteiger partial charge < -0.3 is 5.32 Å². The van der Waals surface area contributed by atoms with Gasteiger partial charge in [-0.15, -0.1) is 0 Å². The van der Waals surface area contributed by atoms with Crippen LogP contribution in [-0.4, -0.2) is 20.8 Å². The predicted octanol–water partition coefficient (Wildman–Crippen LogP) is 2.20. The van der Waals surface area contributed by atoms with Crippen molar-refractivity contribution < 1.29 is 0 Å². The predicted molar refractivity (Wildman–Crippen MR) is 74.9 cm³/mol. The smallest absolute Gasteiger partial charge is 0.164 e. The van der Waals surface area contributed by atoms with Crippen LogP contribution in [-0.2, 0) is 13.1 Å². The molecule has 0 spiro atoms. The molecule has 19 heavy (non-hydrogen) atoms. The first-order valence-corrected chi connectivity index (χ1v) is 6.88. The lowest BCUT2D eigenvalue weighted by Gasteiger charge is -2.05. The molecule has 1 aliphatic rings. The van der Waals surface area contributed by atoms with Crippen LogP contribution in [0.5, 0.6) is 0 Å². The highest BCUT2D eigenvalue weighted by atomic mass is 15.3. The number of nitrogens with zero attached hydrogens (tertiary/aromatic N) is 3. The van der Waals surface area contributed by atoms with Gasteiger partial charge >= 0.3 is 0 Å². The third kappa shape index (κ3) is 3.20. The third-order valence-corrected chi connectivity index (χ3v) is 3.63. The van der Waals surface area contributed by atoms with E-state index in [1.54, 1.807) is 0 Å². The molecule has 0 atom stereocenters. The number of hydrogen-bond donors (Lipinski definition) is 1. The SMILES string of the molecule is Cc1ccc(Cn2cnc(CNC3CC3)n2)cc1C. The molecule has 4 nitrogen and oxygen atoms in total. The highest BCUT2D eigenvalue weighted by molar-refractivity contribution is 5.29. The largest absolute Gasteiger partial charge is 0.307 e. The Morgan fingerprint density at radius 2 is 2.11 bits per heavy atom. The van der Waals surface area contributed by atoms with E-state index in [1.165, 1.54) is 29.5 Å². The van der Waals surface area contributed by atoms with Gasteiger partial charge in [0.1, 0.15) is 6.33 Å². The molecule has 0 amide bonds. The summed E-state index contributed by atoms with van der Waals surface area (Å²) in [5, 5.41) is 7.93. The molecule has 0 radical (unpaired) electrons. The van der Waals surface area contributed by atoms with Crippen LogP contribution in [0, 0.1) is 13.8 Å². The number of hydrogen-bond acceptors (Lipinski definition) is 3. The van der Waals surface area contributed by atoms with Crippen LogP contribution in [0.1, 0.15) is 35.4 Å². The van der Waals surface area contributed by atoms with Crippen LogP contribution < -0.4 is 5.32 Å². The van der Waals surface area contributed by atoms with E-state index in [0.717, 1.165) is 18.9 Å². The van der Waals surface area contributed by atoms with E-state index in [2.05, 4.69) is 47.4 Å². The van der Waals surface area contributed by atoms with E-state index in [9.17, 15) is 0 Å². The van der Waals surface area contributed by atoms with Crippen molar-refractivity contribution in [1.82, 2.24) is 20.1 Å². The van der Waals surface area contributed by atoms with Crippen molar-refractivity contribution in [1.29, 1.82) is 0 Å². The Labute approximate surface area is 113 Å². The summed E-state index contributed by atoms with van der Waals surface area (Å²) in [6, 6.07) is 7.24. The monoisotopic (exact) mass is 256 g/mol. The van der Waals surface area contributed by atoms with Gasteiger partial charge in [0.2, 0.25) is 0 Å². The standard InChI is InChI=1S/C15H20N4/c1-11-3-4-13(7-12(11)2)9-19-10-17-15(18-19)8-16-14-5-6-14/h3-4,7,10,14,16H,5-6,8-9H2,1-2H3. The van der Waals surface area contributed by atoms with E-state index in [1.807, 2.05) is 11.0 Å². The first-order chi connectivity index (χ1) is 9.20. The van der Waals surface area contributed by atoms with E-state index in [-0.39, 0.29) is 0 Å². The van der Waals surface area contributed by atoms with Gasteiger partial charge in [0, 0.05) is 6.04 Å². The van der Waals surface area contributed by atoms with Crippen molar-refractivity contribution in [3.63, 3.8) is 0 Å². The molecule has 1 fully saturated rings. The Kier molecular flexibility index (Phi) is 3.34. The first kappa shape index (κ1) is 12.4. The normalized spacial score (nSPS) is 14.8. The fourth-order valence-corrected chi connectivity index (χ4v) is 2.10. The van der Waals surface area contributed by atoms with Gasteiger partial charge in [0.15, 0.2) is 5.82 Å². The van der Waals surface area contributed by atoms with E-state index in [0.29, 0.717) is 6.04 Å². The van der Waals surface area contributed by atoms with Crippen LogP contribution in [0.3, 0.4) is 0 Å². The summed E-state index contributed by atoms with van der Waals surface area (Å²) in [5.41, 5.74) is 3.93. The van der Waals surface area contributed by atoms with Crippen molar-refractivity contribution >= 4 is 0 Å². The number of nitrogens with one attached hydrogen (secondary N) is 1. The van der Waals surface area contributed by atoms with Crippen molar-refractivity contribution in [2.45, 2.75) is 45.8 Å². The molecule has 1 heterocycles. The molecule has 1 aliphatic carbocycles. The maximum atomic E-state index is 4.50. The van der Waals surface area contributed by atoms with E-state index < -0.39 is 0 Å². The van der Waals surface area contributed by atoms with Crippen LogP contribution in [0.2, 0.25) is 0 Å². The molecule has 0 saturated heterocycles. The molecule has 1 aromatic heterocycles. The molecule has 0 unspecified atom stereocenters. The van der Waals surface area contributed by atoms with Crippen LogP contribution in [0.4, 0.5) is 0 Å². The van der Waals surface area contributed by atoms with Gasteiger partial charge in [-0.2, -0.15) is 5.10 Å². The van der Waals surface area contributed by atoms with Gasteiger partial charge in [-0.1, -0.05) is 18.2 Å². The lowest BCUT2D eigenvalue weighted by molar-refractivity contribution is 0.628. The summed E-state index contributed by atoms with van der Waals surface area (Å²) in [4.78, 5) is 4.34. The summed E-state index contributed by atoms with van der Waals surface area (Å²) in [5.74, 6) is 0.885.